The summed E-state index contributed by atoms with van der Waals surface area (Å²) in [5, 5.41) is 0.752. The molecule has 1 aliphatic heterocycles. The minimum absolute atomic E-state index is 0.0168. The lowest BCUT2D eigenvalue weighted by Crippen LogP contribution is -2.48. The van der Waals surface area contributed by atoms with Crippen molar-refractivity contribution in [1.29, 1.82) is 0 Å². The molecule has 0 spiro atoms. The fraction of sp³-hybridized carbons (Fsp3) is 0.364. The second-order valence-electron chi connectivity index (χ2n) is 6.92. The third-order valence-electron chi connectivity index (χ3n) is 5.12. The molecule has 1 amide bonds. The summed E-state index contributed by atoms with van der Waals surface area (Å²) in [4.78, 5) is 27.9. The largest absolute Gasteiger partial charge is 0.497 e. The number of amides is 1. The average molecular weight is 418 g/mol. The van der Waals surface area contributed by atoms with Gasteiger partial charge in [-0.1, -0.05) is 49.3 Å². The van der Waals surface area contributed by atoms with Crippen LogP contribution in [0, 0.1) is 11.8 Å². The van der Waals surface area contributed by atoms with Crippen LogP contribution in [-0.2, 0) is 9.59 Å². The van der Waals surface area contributed by atoms with Gasteiger partial charge in [0.1, 0.15) is 5.75 Å². The standard InChI is InChI=1S/C22H24ClNO3S/c1-4-28-22(26)20-14(2)13-19(25)24(17-9-11-18(27-3)12-10-17)21(20)15-5-7-16(23)8-6-15/h5-12,14,20-21H,4,13H2,1-3H3/t14-,20+,21-/m1/s1. The van der Waals surface area contributed by atoms with Crippen molar-refractivity contribution >= 4 is 40.1 Å². The van der Waals surface area contributed by atoms with Crippen molar-refractivity contribution in [3.63, 3.8) is 0 Å². The van der Waals surface area contributed by atoms with E-state index in [0.29, 0.717) is 17.2 Å². The molecule has 1 heterocycles. The number of carbonyl (C=O) groups excluding carboxylic acids is 2. The number of carbonyl (C=O) groups is 2. The van der Waals surface area contributed by atoms with E-state index in [-0.39, 0.29) is 28.9 Å². The molecule has 1 saturated heterocycles. The highest BCUT2D eigenvalue weighted by molar-refractivity contribution is 8.13. The molecule has 0 N–H and O–H groups in total. The van der Waals surface area contributed by atoms with Crippen LogP contribution >= 0.6 is 23.4 Å². The molecule has 6 heteroatoms. The molecule has 148 valence electrons. The number of halogens is 1. The average Bonchev–Trinajstić information content (AvgIpc) is 2.68. The second kappa shape index (κ2) is 9.01. The van der Waals surface area contributed by atoms with Crippen LogP contribution < -0.4 is 9.64 Å². The number of nitrogens with zero attached hydrogens (tertiary/aromatic N) is 1. The third-order valence-corrected chi connectivity index (χ3v) is 6.21. The molecular weight excluding hydrogens is 394 g/mol. The molecule has 0 radical (unpaired) electrons. The van der Waals surface area contributed by atoms with Gasteiger partial charge in [-0.25, -0.2) is 0 Å². The summed E-state index contributed by atoms with van der Waals surface area (Å²) >= 11 is 7.40. The number of benzene rings is 2. The number of thioether (sulfide) groups is 1. The Hall–Kier alpha value is -1.98. The fourth-order valence-corrected chi connectivity index (χ4v) is 4.76. The summed E-state index contributed by atoms with van der Waals surface area (Å²) in [6.07, 6.45) is 0.344. The predicted octanol–water partition coefficient (Wildman–Crippen LogP) is 5.36. The van der Waals surface area contributed by atoms with Crippen molar-refractivity contribution < 1.29 is 14.3 Å². The molecule has 28 heavy (non-hydrogen) atoms. The molecule has 0 unspecified atom stereocenters. The van der Waals surface area contributed by atoms with Gasteiger partial charge in [0, 0.05) is 17.1 Å². The first-order valence-electron chi connectivity index (χ1n) is 9.34. The molecule has 1 fully saturated rings. The van der Waals surface area contributed by atoms with Crippen molar-refractivity contribution in [2.45, 2.75) is 26.3 Å². The Bertz CT molecular complexity index is 838. The van der Waals surface area contributed by atoms with Crippen LogP contribution in [0.2, 0.25) is 5.02 Å². The van der Waals surface area contributed by atoms with Crippen LogP contribution in [0.4, 0.5) is 5.69 Å². The Morgan fingerprint density at radius 3 is 2.39 bits per heavy atom. The van der Waals surface area contributed by atoms with E-state index in [1.807, 2.05) is 50.2 Å². The Morgan fingerprint density at radius 1 is 1.18 bits per heavy atom. The highest BCUT2D eigenvalue weighted by atomic mass is 35.5. The smallest absolute Gasteiger partial charge is 0.227 e. The van der Waals surface area contributed by atoms with E-state index in [2.05, 4.69) is 0 Å². The molecule has 0 saturated carbocycles. The van der Waals surface area contributed by atoms with Crippen LogP contribution in [0.3, 0.4) is 0 Å². The SMILES string of the molecule is CCSC(=O)[C@H]1[C@H](C)CC(=O)N(c2ccc(OC)cc2)[C@@H]1c1ccc(Cl)cc1. The maximum Gasteiger partial charge on any atom is 0.227 e. The zero-order valence-electron chi connectivity index (χ0n) is 16.2. The summed E-state index contributed by atoms with van der Waals surface area (Å²) in [5.74, 6) is 1.13. The molecule has 3 atom stereocenters. The van der Waals surface area contributed by atoms with Gasteiger partial charge in [0.25, 0.3) is 0 Å². The van der Waals surface area contributed by atoms with Gasteiger partial charge < -0.3 is 9.64 Å². The summed E-state index contributed by atoms with van der Waals surface area (Å²) in [5.41, 5.74) is 1.67. The molecule has 2 aromatic carbocycles. The highest BCUT2D eigenvalue weighted by Gasteiger charge is 2.45. The number of ether oxygens (including phenoxy) is 1. The lowest BCUT2D eigenvalue weighted by atomic mass is 9.77. The van der Waals surface area contributed by atoms with Crippen LogP contribution in [0.15, 0.2) is 48.5 Å². The van der Waals surface area contributed by atoms with Gasteiger partial charge in [-0.05, 0) is 53.6 Å². The highest BCUT2D eigenvalue weighted by Crippen LogP contribution is 2.45. The van der Waals surface area contributed by atoms with Crippen LogP contribution in [0.5, 0.6) is 5.75 Å². The van der Waals surface area contributed by atoms with Gasteiger partial charge in [-0.3, -0.25) is 9.59 Å². The summed E-state index contributed by atoms with van der Waals surface area (Å²) in [6, 6.07) is 14.5. The summed E-state index contributed by atoms with van der Waals surface area (Å²) in [7, 11) is 1.61. The van der Waals surface area contributed by atoms with Crippen molar-refractivity contribution in [3.05, 3.63) is 59.1 Å². The van der Waals surface area contributed by atoms with Gasteiger partial charge in [-0.2, -0.15) is 0 Å². The van der Waals surface area contributed by atoms with Crippen molar-refractivity contribution in [3.8, 4) is 5.75 Å². The van der Waals surface area contributed by atoms with E-state index >= 15 is 0 Å². The van der Waals surface area contributed by atoms with Crippen molar-refractivity contribution in [1.82, 2.24) is 0 Å². The first kappa shape index (κ1) is 20.7. The van der Waals surface area contributed by atoms with E-state index in [1.165, 1.54) is 11.8 Å². The Kier molecular flexibility index (Phi) is 6.68. The Morgan fingerprint density at radius 2 is 1.82 bits per heavy atom. The molecule has 2 aromatic rings. The summed E-state index contributed by atoms with van der Waals surface area (Å²) in [6.45, 7) is 3.96. The van der Waals surface area contributed by atoms with E-state index in [9.17, 15) is 9.59 Å². The third kappa shape index (κ3) is 4.20. The van der Waals surface area contributed by atoms with E-state index < -0.39 is 0 Å². The normalized spacial score (nSPS) is 22.2. The number of hydrogen-bond acceptors (Lipinski definition) is 4. The van der Waals surface area contributed by atoms with E-state index in [4.69, 9.17) is 16.3 Å². The second-order valence-corrected chi connectivity index (χ2v) is 8.62. The lowest BCUT2D eigenvalue weighted by molar-refractivity contribution is -0.126. The number of piperidine rings is 1. The minimum atomic E-state index is -0.367. The van der Waals surface area contributed by atoms with Crippen molar-refractivity contribution in [2.75, 3.05) is 17.8 Å². The quantitative estimate of drug-likeness (QED) is 0.657. The van der Waals surface area contributed by atoms with Crippen LogP contribution in [0.1, 0.15) is 31.9 Å². The maximum absolute atomic E-state index is 13.1. The Balaban J connectivity index is 2.10. The zero-order chi connectivity index (χ0) is 20.3. The first-order chi connectivity index (χ1) is 13.5. The van der Waals surface area contributed by atoms with Gasteiger partial charge in [-0.15, -0.1) is 0 Å². The van der Waals surface area contributed by atoms with Crippen molar-refractivity contribution in [2.24, 2.45) is 11.8 Å². The lowest BCUT2D eigenvalue weighted by Gasteiger charge is -2.43. The van der Waals surface area contributed by atoms with Gasteiger partial charge in [0.15, 0.2) is 5.12 Å². The number of anilines is 1. The van der Waals surface area contributed by atoms with Crippen LogP contribution in [-0.4, -0.2) is 23.9 Å². The molecular formula is C22H24ClNO3S. The Labute approximate surface area is 175 Å². The molecule has 4 nitrogen and oxygen atoms in total. The van der Waals surface area contributed by atoms with Gasteiger partial charge in [0.2, 0.25) is 5.91 Å². The first-order valence-corrected chi connectivity index (χ1v) is 10.7. The predicted molar refractivity (Wildman–Crippen MR) is 115 cm³/mol. The minimum Gasteiger partial charge on any atom is -0.497 e. The van der Waals surface area contributed by atoms with E-state index in [0.717, 1.165) is 17.0 Å². The molecule has 3 rings (SSSR count). The zero-order valence-corrected chi connectivity index (χ0v) is 17.8. The molecule has 0 bridgehead atoms. The molecule has 0 aliphatic carbocycles. The molecule has 1 aliphatic rings. The van der Waals surface area contributed by atoms with E-state index in [1.54, 1.807) is 24.1 Å². The summed E-state index contributed by atoms with van der Waals surface area (Å²) < 4.78 is 5.24. The molecule has 0 aromatic heterocycles. The van der Waals surface area contributed by atoms with Crippen LogP contribution in [0.25, 0.3) is 0 Å². The monoisotopic (exact) mass is 417 g/mol. The number of hydrogen-bond donors (Lipinski definition) is 0. The number of methoxy groups -OCH3 is 1. The maximum atomic E-state index is 13.1. The fourth-order valence-electron chi connectivity index (χ4n) is 3.79. The van der Waals surface area contributed by atoms with Gasteiger partial charge >= 0.3 is 0 Å². The van der Waals surface area contributed by atoms with Gasteiger partial charge in [0.05, 0.1) is 19.1 Å². The topological polar surface area (TPSA) is 46.6 Å². The number of rotatable bonds is 5.